The quantitative estimate of drug-likeness (QED) is 0.784. The molecule has 1 amide bonds. The molecule has 0 radical (unpaired) electrons. The van der Waals surface area contributed by atoms with E-state index in [1.807, 2.05) is 11.8 Å². The van der Waals surface area contributed by atoms with Crippen molar-refractivity contribution >= 4 is 23.3 Å². The van der Waals surface area contributed by atoms with E-state index in [4.69, 9.17) is 5.11 Å². The molecule has 2 N–H and O–H groups in total. The molecular weight excluding hydrogens is 208 g/mol. The summed E-state index contributed by atoms with van der Waals surface area (Å²) in [6.07, 6.45) is 0. The van der Waals surface area contributed by atoms with Gasteiger partial charge in [0.25, 0.3) is 0 Å². The Kier molecular flexibility index (Phi) is 2.52. The van der Waals surface area contributed by atoms with Crippen molar-refractivity contribution in [1.29, 1.82) is 0 Å². The van der Waals surface area contributed by atoms with Gasteiger partial charge in [-0.25, -0.2) is 4.79 Å². The zero-order chi connectivity index (χ0) is 11.7. The minimum atomic E-state index is -0.962. The Bertz CT molecular complexity index is 457. The maximum atomic E-state index is 11.3. The maximum Gasteiger partial charge on any atom is 0.335 e. The van der Waals surface area contributed by atoms with Crippen LogP contribution in [0.25, 0.3) is 0 Å². The molecule has 0 atom stereocenters. The number of fused-ring (bicyclic) bond motifs is 1. The SMILES string of the molecule is CCN1CC(=O)Nc2ccc(C(=O)O)cc21. The van der Waals surface area contributed by atoms with E-state index < -0.39 is 5.97 Å². The fraction of sp³-hybridized carbons (Fsp3) is 0.273. The van der Waals surface area contributed by atoms with Crippen molar-refractivity contribution < 1.29 is 14.7 Å². The van der Waals surface area contributed by atoms with Gasteiger partial charge in [0, 0.05) is 6.54 Å². The van der Waals surface area contributed by atoms with Crippen molar-refractivity contribution in [3.05, 3.63) is 23.8 Å². The number of likely N-dealkylation sites (N-methyl/N-ethyl adjacent to an activating group) is 1. The number of nitrogens with zero attached hydrogens (tertiary/aromatic N) is 1. The second-order valence-electron chi connectivity index (χ2n) is 3.60. The molecule has 0 saturated carbocycles. The lowest BCUT2D eigenvalue weighted by Gasteiger charge is -2.29. The molecule has 16 heavy (non-hydrogen) atoms. The molecule has 0 saturated heterocycles. The van der Waals surface area contributed by atoms with Crippen molar-refractivity contribution in [2.75, 3.05) is 23.3 Å². The first-order valence-electron chi connectivity index (χ1n) is 5.04. The van der Waals surface area contributed by atoms with Gasteiger partial charge in [-0.1, -0.05) is 0 Å². The zero-order valence-electron chi connectivity index (χ0n) is 8.86. The molecule has 0 bridgehead atoms. The summed E-state index contributed by atoms with van der Waals surface area (Å²) in [5.74, 6) is -1.03. The van der Waals surface area contributed by atoms with Gasteiger partial charge in [0.05, 0.1) is 23.5 Å². The number of amides is 1. The number of aromatic carboxylic acids is 1. The molecular formula is C11H12N2O3. The van der Waals surface area contributed by atoms with E-state index in [1.165, 1.54) is 6.07 Å². The Morgan fingerprint density at radius 1 is 1.56 bits per heavy atom. The highest BCUT2D eigenvalue weighted by Gasteiger charge is 2.21. The second kappa shape index (κ2) is 3.84. The van der Waals surface area contributed by atoms with Gasteiger partial charge in [-0.2, -0.15) is 0 Å². The number of nitrogens with one attached hydrogen (secondary N) is 1. The average Bonchev–Trinajstić information content (AvgIpc) is 2.27. The van der Waals surface area contributed by atoms with E-state index in [0.717, 1.165) is 5.69 Å². The van der Waals surface area contributed by atoms with Gasteiger partial charge in [0.2, 0.25) is 5.91 Å². The lowest BCUT2D eigenvalue weighted by molar-refractivity contribution is -0.115. The van der Waals surface area contributed by atoms with Gasteiger partial charge in [-0.3, -0.25) is 4.79 Å². The van der Waals surface area contributed by atoms with Crippen molar-refractivity contribution in [2.24, 2.45) is 0 Å². The minimum Gasteiger partial charge on any atom is -0.478 e. The zero-order valence-corrected chi connectivity index (χ0v) is 8.86. The van der Waals surface area contributed by atoms with Gasteiger partial charge < -0.3 is 15.3 Å². The Hall–Kier alpha value is -2.04. The van der Waals surface area contributed by atoms with Crippen LogP contribution in [0.1, 0.15) is 17.3 Å². The number of hydrogen-bond donors (Lipinski definition) is 2. The first-order chi connectivity index (χ1) is 7.61. The maximum absolute atomic E-state index is 11.3. The highest BCUT2D eigenvalue weighted by Crippen LogP contribution is 2.30. The van der Waals surface area contributed by atoms with Crippen LogP contribution in [0, 0.1) is 0 Å². The molecule has 0 unspecified atom stereocenters. The molecule has 0 spiro atoms. The predicted octanol–water partition coefficient (Wildman–Crippen LogP) is 1.16. The van der Waals surface area contributed by atoms with Crippen LogP contribution >= 0.6 is 0 Å². The first-order valence-corrected chi connectivity index (χ1v) is 5.04. The number of anilines is 2. The van der Waals surface area contributed by atoms with E-state index in [0.29, 0.717) is 12.2 Å². The Morgan fingerprint density at radius 2 is 2.31 bits per heavy atom. The number of hydrogen-bond acceptors (Lipinski definition) is 3. The van der Waals surface area contributed by atoms with Crippen LogP contribution in [-0.4, -0.2) is 30.1 Å². The number of carbonyl (C=O) groups excluding carboxylic acids is 1. The van der Waals surface area contributed by atoms with E-state index in [1.54, 1.807) is 12.1 Å². The number of benzene rings is 1. The summed E-state index contributed by atoms with van der Waals surface area (Å²) in [5.41, 5.74) is 1.67. The third kappa shape index (κ3) is 1.71. The highest BCUT2D eigenvalue weighted by atomic mass is 16.4. The number of rotatable bonds is 2. The van der Waals surface area contributed by atoms with Gasteiger partial charge in [-0.05, 0) is 25.1 Å². The Labute approximate surface area is 92.7 Å². The number of carboxylic acid groups (broad SMARTS) is 1. The van der Waals surface area contributed by atoms with Crippen LogP contribution in [-0.2, 0) is 4.79 Å². The van der Waals surface area contributed by atoms with Gasteiger partial charge >= 0.3 is 5.97 Å². The van der Waals surface area contributed by atoms with Gasteiger partial charge in [-0.15, -0.1) is 0 Å². The lowest BCUT2D eigenvalue weighted by Crippen LogP contribution is -2.38. The Balaban J connectivity index is 2.47. The van der Waals surface area contributed by atoms with Gasteiger partial charge in [0.15, 0.2) is 0 Å². The summed E-state index contributed by atoms with van der Waals surface area (Å²) in [4.78, 5) is 24.0. The third-order valence-electron chi connectivity index (χ3n) is 2.58. The molecule has 1 heterocycles. The molecule has 0 aliphatic carbocycles. The van der Waals surface area contributed by atoms with Crippen LogP contribution in [0.15, 0.2) is 18.2 Å². The molecule has 1 aromatic carbocycles. The standard InChI is InChI=1S/C11H12N2O3/c1-2-13-6-10(14)12-8-4-3-7(11(15)16)5-9(8)13/h3-5H,2,6H2,1H3,(H,12,14)(H,15,16). The van der Waals surface area contributed by atoms with E-state index in [-0.39, 0.29) is 18.0 Å². The number of carboxylic acids is 1. The van der Waals surface area contributed by atoms with Crippen LogP contribution in [0.4, 0.5) is 11.4 Å². The minimum absolute atomic E-state index is 0.0718. The normalized spacial score (nSPS) is 14.3. The summed E-state index contributed by atoms with van der Waals surface area (Å²) >= 11 is 0. The predicted molar refractivity (Wildman–Crippen MR) is 59.9 cm³/mol. The monoisotopic (exact) mass is 220 g/mol. The topological polar surface area (TPSA) is 69.6 Å². The molecule has 0 fully saturated rings. The smallest absolute Gasteiger partial charge is 0.335 e. The van der Waals surface area contributed by atoms with Crippen molar-refractivity contribution in [3.8, 4) is 0 Å². The number of carbonyl (C=O) groups is 2. The molecule has 84 valence electrons. The van der Waals surface area contributed by atoms with Crippen molar-refractivity contribution in [1.82, 2.24) is 0 Å². The lowest BCUT2D eigenvalue weighted by atomic mass is 10.1. The Morgan fingerprint density at radius 3 is 2.94 bits per heavy atom. The molecule has 2 rings (SSSR count). The molecule has 1 aliphatic rings. The third-order valence-corrected chi connectivity index (χ3v) is 2.58. The van der Waals surface area contributed by atoms with Gasteiger partial charge in [0.1, 0.15) is 0 Å². The summed E-state index contributed by atoms with van der Waals surface area (Å²) in [7, 11) is 0. The summed E-state index contributed by atoms with van der Waals surface area (Å²) in [6.45, 7) is 2.87. The first kappa shape index (κ1) is 10.5. The van der Waals surface area contributed by atoms with Crippen LogP contribution in [0.2, 0.25) is 0 Å². The van der Waals surface area contributed by atoms with Crippen molar-refractivity contribution in [2.45, 2.75) is 6.92 Å². The summed E-state index contributed by atoms with van der Waals surface area (Å²) in [5, 5.41) is 11.6. The fourth-order valence-electron chi connectivity index (χ4n) is 1.76. The van der Waals surface area contributed by atoms with Crippen LogP contribution < -0.4 is 10.2 Å². The summed E-state index contributed by atoms with van der Waals surface area (Å²) in [6, 6.07) is 4.69. The highest BCUT2D eigenvalue weighted by molar-refractivity contribution is 6.02. The summed E-state index contributed by atoms with van der Waals surface area (Å²) < 4.78 is 0. The second-order valence-corrected chi connectivity index (χ2v) is 3.60. The molecule has 0 aromatic heterocycles. The van der Waals surface area contributed by atoms with E-state index in [2.05, 4.69) is 5.32 Å². The van der Waals surface area contributed by atoms with Crippen molar-refractivity contribution in [3.63, 3.8) is 0 Å². The molecule has 1 aromatic rings. The van der Waals surface area contributed by atoms with Crippen LogP contribution in [0.3, 0.4) is 0 Å². The molecule has 5 nitrogen and oxygen atoms in total. The molecule has 1 aliphatic heterocycles. The largest absolute Gasteiger partial charge is 0.478 e. The fourth-order valence-corrected chi connectivity index (χ4v) is 1.76. The average molecular weight is 220 g/mol. The van der Waals surface area contributed by atoms with Crippen LogP contribution in [0.5, 0.6) is 0 Å². The van der Waals surface area contributed by atoms with E-state index >= 15 is 0 Å². The van der Waals surface area contributed by atoms with E-state index in [9.17, 15) is 9.59 Å². The molecule has 5 heteroatoms.